The molecule has 25 heavy (non-hydrogen) atoms. The fraction of sp³-hybridized carbons (Fsp3) is 0.529. The summed E-state index contributed by atoms with van der Waals surface area (Å²) in [5, 5.41) is 13.2. The summed E-state index contributed by atoms with van der Waals surface area (Å²) in [6, 6.07) is 3.72. The summed E-state index contributed by atoms with van der Waals surface area (Å²) in [6.45, 7) is -0.406. The highest BCUT2D eigenvalue weighted by molar-refractivity contribution is 6.34. The number of anilines is 1. The molecule has 0 radical (unpaired) electrons. The van der Waals surface area contributed by atoms with Gasteiger partial charge in [0.15, 0.2) is 6.61 Å². The highest BCUT2D eigenvalue weighted by atomic mass is 35.5. The second-order valence-electron chi connectivity index (χ2n) is 6.17. The van der Waals surface area contributed by atoms with Crippen molar-refractivity contribution in [1.82, 2.24) is 0 Å². The number of nitrogens with one attached hydrogen (secondary N) is 1. The minimum absolute atomic E-state index is 0.0474. The smallest absolute Gasteiger partial charge is 0.306 e. The van der Waals surface area contributed by atoms with Crippen molar-refractivity contribution in [3.05, 3.63) is 33.3 Å². The van der Waals surface area contributed by atoms with Gasteiger partial charge in [0, 0.05) is 18.6 Å². The number of hydrogen-bond donors (Lipinski definition) is 1. The van der Waals surface area contributed by atoms with Crippen molar-refractivity contribution in [3.8, 4) is 0 Å². The van der Waals surface area contributed by atoms with E-state index >= 15 is 0 Å². The van der Waals surface area contributed by atoms with E-state index in [1.165, 1.54) is 31.4 Å². The van der Waals surface area contributed by atoms with E-state index in [9.17, 15) is 19.7 Å². The molecular formula is C17H21ClN2O5. The predicted molar refractivity (Wildman–Crippen MR) is 93.5 cm³/mol. The number of nitrogens with zero attached hydrogens (tertiary/aromatic N) is 1. The Kier molecular flexibility index (Phi) is 7.18. The van der Waals surface area contributed by atoms with E-state index in [1.54, 1.807) is 0 Å². The van der Waals surface area contributed by atoms with Crippen molar-refractivity contribution >= 4 is 34.9 Å². The number of amides is 1. The van der Waals surface area contributed by atoms with Gasteiger partial charge in [-0.05, 0) is 18.4 Å². The molecule has 0 atom stereocenters. The average molecular weight is 369 g/mol. The Morgan fingerprint density at radius 3 is 2.64 bits per heavy atom. The number of non-ortho nitro benzene ring substituents is 1. The van der Waals surface area contributed by atoms with Gasteiger partial charge in [-0.1, -0.05) is 43.7 Å². The van der Waals surface area contributed by atoms with Crippen LogP contribution in [-0.4, -0.2) is 23.4 Å². The van der Waals surface area contributed by atoms with Crippen molar-refractivity contribution in [3.63, 3.8) is 0 Å². The number of halogens is 1. The first kappa shape index (κ1) is 19.2. The van der Waals surface area contributed by atoms with Crippen LogP contribution in [0.4, 0.5) is 11.4 Å². The van der Waals surface area contributed by atoms with Gasteiger partial charge in [-0.3, -0.25) is 19.7 Å². The summed E-state index contributed by atoms with van der Waals surface area (Å²) in [4.78, 5) is 33.6. The van der Waals surface area contributed by atoms with Gasteiger partial charge >= 0.3 is 5.97 Å². The van der Waals surface area contributed by atoms with E-state index in [0.29, 0.717) is 12.3 Å². The molecule has 0 spiro atoms. The van der Waals surface area contributed by atoms with Crippen LogP contribution >= 0.6 is 11.6 Å². The molecule has 0 heterocycles. The Morgan fingerprint density at radius 1 is 1.28 bits per heavy atom. The maximum atomic E-state index is 11.8. The maximum Gasteiger partial charge on any atom is 0.306 e. The molecule has 1 amide bonds. The van der Waals surface area contributed by atoms with E-state index < -0.39 is 23.4 Å². The third-order valence-corrected chi connectivity index (χ3v) is 4.60. The second kappa shape index (κ2) is 9.36. The van der Waals surface area contributed by atoms with Crippen LogP contribution in [0.5, 0.6) is 0 Å². The molecule has 0 saturated heterocycles. The summed E-state index contributed by atoms with van der Waals surface area (Å²) >= 11 is 5.89. The molecule has 0 aliphatic heterocycles. The van der Waals surface area contributed by atoms with Gasteiger partial charge in [0.25, 0.3) is 11.6 Å². The molecule has 1 aromatic carbocycles. The van der Waals surface area contributed by atoms with E-state index in [4.69, 9.17) is 16.3 Å². The van der Waals surface area contributed by atoms with Gasteiger partial charge < -0.3 is 10.1 Å². The molecule has 136 valence electrons. The number of benzene rings is 1. The highest BCUT2D eigenvalue weighted by Gasteiger charge is 2.16. The van der Waals surface area contributed by atoms with Crippen molar-refractivity contribution in [1.29, 1.82) is 0 Å². The normalized spacial score (nSPS) is 14.8. The minimum Gasteiger partial charge on any atom is -0.456 e. The summed E-state index contributed by atoms with van der Waals surface area (Å²) in [5.41, 5.74) is 0.0626. The first-order valence-electron chi connectivity index (χ1n) is 8.35. The lowest BCUT2D eigenvalue weighted by molar-refractivity contribution is -0.384. The Labute approximate surface area is 150 Å². The first-order valence-corrected chi connectivity index (χ1v) is 8.73. The van der Waals surface area contributed by atoms with Crippen LogP contribution in [0.25, 0.3) is 0 Å². The quantitative estimate of drug-likeness (QED) is 0.444. The van der Waals surface area contributed by atoms with E-state index in [1.807, 2.05) is 0 Å². The zero-order valence-electron chi connectivity index (χ0n) is 13.8. The molecule has 1 aliphatic carbocycles. The van der Waals surface area contributed by atoms with Crippen molar-refractivity contribution in [2.45, 2.75) is 44.9 Å². The maximum absolute atomic E-state index is 11.8. The Bertz CT molecular complexity index is 644. The minimum atomic E-state index is -0.578. The lowest BCUT2D eigenvalue weighted by Gasteiger charge is -2.20. The van der Waals surface area contributed by atoms with Crippen LogP contribution in [-0.2, 0) is 14.3 Å². The standard InChI is InChI=1S/C17H21ClN2O5/c18-14-10-13(20(23)24)7-8-15(14)19-16(21)11-25-17(22)9-6-12-4-2-1-3-5-12/h7-8,10,12H,1-6,9,11H2,(H,19,21). The lowest BCUT2D eigenvalue weighted by Crippen LogP contribution is -2.21. The molecule has 0 bridgehead atoms. The number of hydrogen-bond acceptors (Lipinski definition) is 5. The van der Waals surface area contributed by atoms with Gasteiger partial charge in [-0.25, -0.2) is 0 Å². The molecule has 8 heteroatoms. The number of nitro benzene ring substituents is 1. The van der Waals surface area contributed by atoms with Gasteiger partial charge in [0.05, 0.1) is 15.6 Å². The number of esters is 1. The van der Waals surface area contributed by atoms with Crippen molar-refractivity contribution in [2.24, 2.45) is 5.92 Å². The zero-order chi connectivity index (χ0) is 18.2. The Morgan fingerprint density at radius 2 is 2.00 bits per heavy atom. The molecule has 0 unspecified atom stereocenters. The Balaban J connectivity index is 1.72. The van der Waals surface area contributed by atoms with E-state index in [-0.39, 0.29) is 16.4 Å². The first-order chi connectivity index (χ1) is 12.0. The van der Waals surface area contributed by atoms with Gasteiger partial charge in [-0.15, -0.1) is 0 Å². The number of ether oxygens (including phenoxy) is 1. The number of carbonyl (C=O) groups excluding carboxylic acids is 2. The molecule has 1 fully saturated rings. The molecule has 7 nitrogen and oxygen atoms in total. The van der Waals surface area contributed by atoms with Crippen LogP contribution < -0.4 is 5.32 Å². The SMILES string of the molecule is O=C(COC(=O)CCC1CCCCC1)Nc1ccc([N+](=O)[O-])cc1Cl. The monoisotopic (exact) mass is 368 g/mol. The third-order valence-electron chi connectivity index (χ3n) is 4.28. The largest absolute Gasteiger partial charge is 0.456 e. The molecule has 2 rings (SSSR count). The van der Waals surface area contributed by atoms with Crippen LogP contribution in [0.2, 0.25) is 5.02 Å². The van der Waals surface area contributed by atoms with Gasteiger partial charge in [-0.2, -0.15) is 0 Å². The van der Waals surface area contributed by atoms with E-state index in [2.05, 4.69) is 5.32 Å². The van der Waals surface area contributed by atoms with Gasteiger partial charge in [0.1, 0.15) is 0 Å². The summed E-state index contributed by atoms with van der Waals surface area (Å²) < 4.78 is 4.97. The Hall–Kier alpha value is -2.15. The molecule has 0 aromatic heterocycles. The summed E-state index contributed by atoms with van der Waals surface area (Å²) in [5.74, 6) is -0.355. The van der Waals surface area contributed by atoms with Crippen LogP contribution in [0.15, 0.2) is 18.2 Å². The zero-order valence-corrected chi connectivity index (χ0v) is 14.6. The predicted octanol–water partition coefficient (Wildman–Crippen LogP) is 4.09. The topological polar surface area (TPSA) is 98.5 Å². The van der Waals surface area contributed by atoms with Crippen molar-refractivity contribution < 1.29 is 19.2 Å². The fourth-order valence-corrected chi connectivity index (χ4v) is 3.14. The molecule has 1 aliphatic rings. The number of nitro groups is 1. The molecule has 1 N–H and O–H groups in total. The molecule has 1 saturated carbocycles. The molecule has 1 aromatic rings. The third kappa shape index (κ3) is 6.34. The number of rotatable bonds is 7. The van der Waals surface area contributed by atoms with E-state index in [0.717, 1.165) is 25.3 Å². The van der Waals surface area contributed by atoms with Crippen LogP contribution in [0, 0.1) is 16.0 Å². The second-order valence-corrected chi connectivity index (χ2v) is 6.58. The fourth-order valence-electron chi connectivity index (χ4n) is 2.92. The van der Waals surface area contributed by atoms with Crippen LogP contribution in [0.3, 0.4) is 0 Å². The van der Waals surface area contributed by atoms with Crippen molar-refractivity contribution in [2.75, 3.05) is 11.9 Å². The molecular weight excluding hydrogens is 348 g/mol. The number of carbonyl (C=O) groups is 2. The highest BCUT2D eigenvalue weighted by Crippen LogP contribution is 2.28. The van der Waals surface area contributed by atoms with Crippen LogP contribution in [0.1, 0.15) is 44.9 Å². The summed E-state index contributed by atoms with van der Waals surface area (Å²) in [6.07, 6.45) is 7.15. The average Bonchev–Trinajstić information content (AvgIpc) is 2.60. The summed E-state index contributed by atoms with van der Waals surface area (Å²) in [7, 11) is 0. The van der Waals surface area contributed by atoms with Gasteiger partial charge in [0.2, 0.25) is 0 Å². The lowest BCUT2D eigenvalue weighted by atomic mass is 9.86.